The molecule has 2 aliphatic rings. The Bertz CT molecular complexity index is 549. The van der Waals surface area contributed by atoms with E-state index in [0.29, 0.717) is 25.6 Å². The second kappa shape index (κ2) is 6.34. The lowest BCUT2D eigenvalue weighted by molar-refractivity contribution is -0.0702. The summed E-state index contributed by atoms with van der Waals surface area (Å²) in [7, 11) is 2.08. The zero-order chi connectivity index (χ0) is 15.7. The number of Topliss-reactive ketones (excluding diaryl/α,β-unsaturated/α-hetero) is 1. The number of piperidine rings is 1. The van der Waals surface area contributed by atoms with Crippen LogP contribution < -0.4 is 4.74 Å². The van der Waals surface area contributed by atoms with E-state index in [0.717, 1.165) is 12.8 Å². The molecule has 0 aromatic heterocycles. The van der Waals surface area contributed by atoms with Crippen LogP contribution >= 0.6 is 0 Å². The minimum atomic E-state index is -0.490. The highest BCUT2D eigenvalue weighted by Gasteiger charge is 2.40. The number of benzene rings is 1. The van der Waals surface area contributed by atoms with E-state index in [1.807, 2.05) is 6.92 Å². The number of ether oxygens (including phenoxy) is 2. The summed E-state index contributed by atoms with van der Waals surface area (Å²) in [5.41, 5.74) is 0.178. The third-order valence-corrected chi connectivity index (χ3v) is 4.77. The molecule has 22 heavy (non-hydrogen) atoms. The zero-order valence-electron chi connectivity index (χ0n) is 13.0. The number of hydrogen-bond acceptors (Lipinski definition) is 4. The van der Waals surface area contributed by atoms with Gasteiger partial charge < -0.3 is 9.47 Å². The number of likely N-dealkylation sites (N-methyl/N-ethyl adjacent to an activating group) is 1. The van der Waals surface area contributed by atoms with Gasteiger partial charge in [-0.15, -0.1) is 0 Å². The van der Waals surface area contributed by atoms with Gasteiger partial charge in [0.25, 0.3) is 0 Å². The van der Waals surface area contributed by atoms with Crippen molar-refractivity contribution in [3.8, 4) is 5.75 Å². The number of rotatable bonds is 4. The summed E-state index contributed by atoms with van der Waals surface area (Å²) in [5.74, 6) is -0.241. The number of hydrogen-bond donors (Lipinski definition) is 0. The SMILES string of the molecule is CCOc1ccc(C(=O)C2CC3COCC(C2)N3C)c(F)c1. The largest absolute Gasteiger partial charge is 0.494 e. The van der Waals surface area contributed by atoms with Crippen molar-refractivity contribution in [2.24, 2.45) is 5.92 Å². The molecule has 2 saturated heterocycles. The molecule has 0 radical (unpaired) electrons. The molecule has 1 aromatic rings. The fourth-order valence-corrected chi connectivity index (χ4v) is 3.48. The van der Waals surface area contributed by atoms with Crippen LogP contribution in [0.5, 0.6) is 5.75 Å². The fraction of sp³-hybridized carbons (Fsp3) is 0.588. The van der Waals surface area contributed by atoms with E-state index in [1.165, 1.54) is 6.07 Å². The molecule has 2 aliphatic heterocycles. The molecule has 0 saturated carbocycles. The summed E-state index contributed by atoms with van der Waals surface area (Å²) in [6, 6.07) is 5.03. The van der Waals surface area contributed by atoms with Crippen LogP contribution in [0.15, 0.2) is 18.2 Å². The van der Waals surface area contributed by atoms with Gasteiger partial charge in [-0.1, -0.05) is 0 Å². The molecule has 1 aromatic carbocycles. The average molecular weight is 307 g/mol. The fourth-order valence-electron chi connectivity index (χ4n) is 3.48. The van der Waals surface area contributed by atoms with Crippen molar-refractivity contribution in [1.29, 1.82) is 0 Å². The van der Waals surface area contributed by atoms with Crippen LogP contribution in [0.4, 0.5) is 4.39 Å². The van der Waals surface area contributed by atoms with Crippen molar-refractivity contribution in [2.45, 2.75) is 31.8 Å². The summed E-state index contributed by atoms with van der Waals surface area (Å²) in [4.78, 5) is 15.0. The molecule has 0 N–H and O–H groups in total. The predicted molar refractivity (Wildman–Crippen MR) is 80.8 cm³/mol. The first-order chi connectivity index (χ1) is 10.6. The number of carbonyl (C=O) groups excluding carboxylic acids is 1. The van der Waals surface area contributed by atoms with Gasteiger partial charge in [0, 0.05) is 24.1 Å². The lowest BCUT2D eigenvalue weighted by atomic mass is 9.81. The first-order valence-electron chi connectivity index (χ1n) is 7.86. The zero-order valence-corrected chi connectivity index (χ0v) is 13.0. The van der Waals surface area contributed by atoms with Gasteiger partial charge in [0.1, 0.15) is 11.6 Å². The molecule has 2 atom stereocenters. The summed E-state index contributed by atoms with van der Waals surface area (Å²) < 4.78 is 25.0. The summed E-state index contributed by atoms with van der Waals surface area (Å²) in [6.45, 7) is 3.63. The first kappa shape index (κ1) is 15.4. The van der Waals surface area contributed by atoms with Crippen LogP contribution in [0.25, 0.3) is 0 Å². The molecule has 120 valence electrons. The van der Waals surface area contributed by atoms with Crippen LogP contribution in [0.2, 0.25) is 0 Å². The number of morpholine rings is 1. The van der Waals surface area contributed by atoms with E-state index in [2.05, 4.69) is 11.9 Å². The minimum Gasteiger partial charge on any atom is -0.494 e. The summed E-state index contributed by atoms with van der Waals surface area (Å²) in [6.07, 6.45) is 1.47. The van der Waals surface area contributed by atoms with Crippen LogP contribution in [0.1, 0.15) is 30.1 Å². The van der Waals surface area contributed by atoms with E-state index >= 15 is 0 Å². The van der Waals surface area contributed by atoms with Crippen molar-refractivity contribution >= 4 is 5.78 Å². The molecule has 4 nitrogen and oxygen atoms in total. The quantitative estimate of drug-likeness (QED) is 0.801. The van der Waals surface area contributed by atoms with Crippen molar-refractivity contribution in [3.05, 3.63) is 29.6 Å². The topological polar surface area (TPSA) is 38.8 Å². The normalized spacial score (nSPS) is 28.4. The molecular weight excluding hydrogens is 285 g/mol. The maximum absolute atomic E-state index is 14.2. The summed E-state index contributed by atoms with van der Waals surface area (Å²) in [5, 5.41) is 0. The average Bonchev–Trinajstić information content (AvgIpc) is 2.47. The highest BCUT2D eigenvalue weighted by Crippen LogP contribution is 2.33. The van der Waals surface area contributed by atoms with E-state index in [9.17, 15) is 9.18 Å². The maximum Gasteiger partial charge on any atom is 0.169 e. The Morgan fingerprint density at radius 1 is 1.36 bits per heavy atom. The molecule has 2 heterocycles. The Balaban J connectivity index is 1.77. The Hall–Kier alpha value is -1.46. The lowest BCUT2D eigenvalue weighted by Gasteiger charge is -2.46. The van der Waals surface area contributed by atoms with Gasteiger partial charge in [0.15, 0.2) is 5.78 Å². The molecule has 2 fully saturated rings. The third kappa shape index (κ3) is 2.88. The number of nitrogens with zero attached hydrogens (tertiary/aromatic N) is 1. The standard InChI is InChI=1S/C17H22FNO3/c1-3-22-14-4-5-15(16(18)8-14)17(20)11-6-12-9-21-10-13(7-11)19(12)2/h4-5,8,11-13H,3,6-7,9-10H2,1-2H3. The molecule has 2 unspecified atom stereocenters. The summed E-state index contributed by atoms with van der Waals surface area (Å²) >= 11 is 0. The number of ketones is 1. The lowest BCUT2D eigenvalue weighted by Crippen LogP contribution is -2.55. The number of carbonyl (C=O) groups is 1. The van der Waals surface area contributed by atoms with Gasteiger partial charge >= 0.3 is 0 Å². The van der Waals surface area contributed by atoms with Gasteiger partial charge in [-0.2, -0.15) is 0 Å². The molecule has 3 rings (SSSR count). The van der Waals surface area contributed by atoms with Crippen molar-refractivity contribution in [1.82, 2.24) is 4.90 Å². The molecular formula is C17H22FNO3. The van der Waals surface area contributed by atoms with Crippen LogP contribution in [0.3, 0.4) is 0 Å². The molecule has 0 amide bonds. The van der Waals surface area contributed by atoms with Gasteiger partial charge in [-0.05, 0) is 38.9 Å². The van der Waals surface area contributed by atoms with E-state index in [1.54, 1.807) is 12.1 Å². The Morgan fingerprint density at radius 2 is 2.05 bits per heavy atom. The van der Waals surface area contributed by atoms with E-state index in [-0.39, 0.29) is 29.3 Å². The van der Waals surface area contributed by atoms with Gasteiger partial charge in [-0.3, -0.25) is 9.69 Å². The molecule has 2 bridgehead atoms. The third-order valence-electron chi connectivity index (χ3n) is 4.77. The highest BCUT2D eigenvalue weighted by molar-refractivity contribution is 5.98. The van der Waals surface area contributed by atoms with Gasteiger partial charge in [0.05, 0.1) is 25.4 Å². The number of fused-ring (bicyclic) bond motifs is 2. The molecule has 0 aliphatic carbocycles. The number of halogens is 1. The monoisotopic (exact) mass is 307 g/mol. The smallest absolute Gasteiger partial charge is 0.169 e. The second-order valence-corrected chi connectivity index (χ2v) is 6.12. The van der Waals surface area contributed by atoms with Crippen molar-refractivity contribution < 1.29 is 18.7 Å². The second-order valence-electron chi connectivity index (χ2n) is 6.12. The van der Waals surface area contributed by atoms with Crippen LogP contribution in [-0.4, -0.2) is 49.6 Å². The van der Waals surface area contributed by atoms with Gasteiger partial charge in [0.2, 0.25) is 0 Å². The molecule has 5 heteroatoms. The van der Waals surface area contributed by atoms with Crippen molar-refractivity contribution in [2.75, 3.05) is 26.9 Å². The highest BCUT2D eigenvalue weighted by atomic mass is 19.1. The Kier molecular flexibility index (Phi) is 4.45. The van der Waals surface area contributed by atoms with Crippen LogP contribution in [-0.2, 0) is 4.74 Å². The van der Waals surface area contributed by atoms with Gasteiger partial charge in [-0.25, -0.2) is 4.39 Å². The maximum atomic E-state index is 14.2. The minimum absolute atomic E-state index is 0.0921. The first-order valence-corrected chi connectivity index (χ1v) is 7.86. The van der Waals surface area contributed by atoms with Crippen LogP contribution in [0, 0.1) is 11.7 Å². The van der Waals surface area contributed by atoms with E-state index in [4.69, 9.17) is 9.47 Å². The molecule has 0 spiro atoms. The predicted octanol–water partition coefficient (Wildman–Crippen LogP) is 2.52. The van der Waals surface area contributed by atoms with E-state index < -0.39 is 5.82 Å². The van der Waals surface area contributed by atoms with Crippen molar-refractivity contribution in [3.63, 3.8) is 0 Å². The Morgan fingerprint density at radius 3 is 2.64 bits per heavy atom. The Labute approximate surface area is 130 Å².